The number of nitrogens with zero attached hydrogens (tertiary/aromatic N) is 3. The zero-order valence-electron chi connectivity index (χ0n) is 16.0. The molecule has 6 rings (SSSR count). The van der Waals surface area contributed by atoms with Crippen LogP contribution < -0.4 is 4.90 Å². The quantitative estimate of drug-likeness (QED) is 0.832. The summed E-state index contributed by atoms with van der Waals surface area (Å²) in [6.07, 6.45) is 11.0. The summed E-state index contributed by atoms with van der Waals surface area (Å²) in [6.45, 7) is 5.63. The number of carbonyl (C=O) groups excluding carboxylic acids is 1. The smallest absolute Gasteiger partial charge is 0.223 e. The van der Waals surface area contributed by atoms with Crippen LogP contribution in [0.2, 0.25) is 0 Å². The summed E-state index contributed by atoms with van der Waals surface area (Å²) in [5.41, 5.74) is 1.58. The summed E-state index contributed by atoms with van der Waals surface area (Å²) in [5.74, 6) is 4.29. The van der Waals surface area contributed by atoms with Gasteiger partial charge in [-0.15, -0.1) is 0 Å². The second-order valence-corrected chi connectivity index (χ2v) is 9.61. The monoisotopic (exact) mass is 353 g/mol. The van der Waals surface area contributed by atoms with E-state index in [-0.39, 0.29) is 0 Å². The van der Waals surface area contributed by atoms with E-state index in [9.17, 15) is 4.79 Å². The zero-order chi connectivity index (χ0) is 17.7. The number of hydrogen-bond acceptors (Lipinski definition) is 3. The summed E-state index contributed by atoms with van der Waals surface area (Å²) in [7, 11) is 0. The van der Waals surface area contributed by atoms with Gasteiger partial charge in [0, 0.05) is 38.8 Å². The first-order chi connectivity index (χ1) is 12.6. The summed E-state index contributed by atoms with van der Waals surface area (Å²) < 4.78 is 0. The lowest BCUT2D eigenvalue weighted by atomic mass is 9.49. The van der Waals surface area contributed by atoms with Crippen LogP contribution in [0.25, 0.3) is 0 Å². The third-order valence-corrected chi connectivity index (χ3v) is 7.61. The summed E-state index contributed by atoms with van der Waals surface area (Å²) >= 11 is 0. The van der Waals surface area contributed by atoms with Crippen molar-refractivity contribution >= 4 is 11.7 Å². The lowest BCUT2D eigenvalue weighted by molar-refractivity contribution is -0.139. The molecule has 1 aromatic rings. The van der Waals surface area contributed by atoms with Gasteiger partial charge < -0.3 is 9.80 Å². The van der Waals surface area contributed by atoms with Gasteiger partial charge in [0.05, 0.1) is 0 Å². The number of aryl methyl sites for hydroxylation is 1. The topological polar surface area (TPSA) is 36.4 Å². The number of rotatable bonds is 3. The fourth-order valence-electron chi connectivity index (χ4n) is 6.92. The van der Waals surface area contributed by atoms with E-state index in [0.717, 1.165) is 56.2 Å². The van der Waals surface area contributed by atoms with Crippen molar-refractivity contribution < 1.29 is 4.79 Å². The van der Waals surface area contributed by atoms with Crippen LogP contribution in [0, 0.1) is 30.1 Å². The van der Waals surface area contributed by atoms with Gasteiger partial charge >= 0.3 is 0 Å². The Hall–Kier alpha value is -1.58. The molecule has 4 heteroatoms. The van der Waals surface area contributed by atoms with Crippen LogP contribution in [-0.2, 0) is 4.79 Å². The number of anilines is 1. The second-order valence-electron chi connectivity index (χ2n) is 9.61. The van der Waals surface area contributed by atoms with E-state index in [1.165, 1.54) is 44.1 Å². The van der Waals surface area contributed by atoms with Gasteiger partial charge in [-0.2, -0.15) is 0 Å². The van der Waals surface area contributed by atoms with E-state index < -0.39 is 0 Å². The molecule has 1 aromatic heterocycles. The average Bonchev–Trinajstić information content (AvgIpc) is 2.61. The molecule has 4 aliphatic carbocycles. The highest BCUT2D eigenvalue weighted by Crippen LogP contribution is 2.61. The highest BCUT2D eigenvalue weighted by molar-refractivity contribution is 5.77. The van der Waals surface area contributed by atoms with Gasteiger partial charge in [0.2, 0.25) is 5.91 Å². The van der Waals surface area contributed by atoms with Crippen molar-refractivity contribution in [3.8, 4) is 0 Å². The van der Waals surface area contributed by atoms with E-state index in [4.69, 9.17) is 0 Å². The fourth-order valence-corrected chi connectivity index (χ4v) is 6.92. The molecule has 140 valence electrons. The number of carbonyl (C=O) groups is 1. The maximum absolute atomic E-state index is 13.1. The van der Waals surface area contributed by atoms with Gasteiger partial charge in [-0.25, -0.2) is 4.98 Å². The molecule has 0 aromatic carbocycles. The number of hydrogen-bond donors (Lipinski definition) is 0. The minimum absolute atomic E-state index is 0.362. The van der Waals surface area contributed by atoms with Crippen molar-refractivity contribution in [2.45, 2.75) is 51.9 Å². The number of piperazine rings is 1. The highest BCUT2D eigenvalue weighted by Gasteiger charge is 2.51. The molecule has 0 unspecified atom stereocenters. The molecule has 1 saturated heterocycles. The molecule has 0 radical (unpaired) electrons. The summed E-state index contributed by atoms with van der Waals surface area (Å²) in [6, 6.07) is 4.11. The van der Waals surface area contributed by atoms with Gasteiger partial charge in [0.25, 0.3) is 0 Å². The Bertz CT molecular complexity index is 657. The summed E-state index contributed by atoms with van der Waals surface area (Å²) in [5, 5.41) is 0. The molecule has 0 N–H and O–H groups in total. The van der Waals surface area contributed by atoms with Crippen LogP contribution in [0.5, 0.6) is 0 Å². The van der Waals surface area contributed by atoms with Crippen molar-refractivity contribution in [1.82, 2.24) is 9.88 Å². The third-order valence-electron chi connectivity index (χ3n) is 7.61. The first-order valence-electron chi connectivity index (χ1n) is 10.5. The molecular weight excluding hydrogens is 322 g/mol. The predicted octanol–water partition coefficient (Wildman–Crippen LogP) is 3.65. The largest absolute Gasteiger partial charge is 0.353 e. The summed E-state index contributed by atoms with van der Waals surface area (Å²) in [4.78, 5) is 22.1. The normalized spacial score (nSPS) is 35.8. The van der Waals surface area contributed by atoms with Gasteiger partial charge in [0.15, 0.2) is 0 Å². The predicted molar refractivity (Wildman–Crippen MR) is 103 cm³/mol. The minimum atomic E-state index is 0.362. The van der Waals surface area contributed by atoms with Gasteiger partial charge in [-0.1, -0.05) is 6.07 Å². The molecule has 26 heavy (non-hydrogen) atoms. The molecule has 5 fully saturated rings. The van der Waals surface area contributed by atoms with E-state index in [1.54, 1.807) is 0 Å². The SMILES string of the molecule is Cc1cccnc1N1CCN(C(=O)CC23CC4CC(CC(C4)C2)C3)CC1. The molecule has 4 bridgehead atoms. The fraction of sp³-hybridized carbons (Fsp3) is 0.727. The Labute approximate surface area is 157 Å². The molecule has 0 spiro atoms. The van der Waals surface area contributed by atoms with Crippen LogP contribution in [0.3, 0.4) is 0 Å². The van der Waals surface area contributed by atoms with Crippen LogP contribution in [0.4, 0.5) is 5.82 Å². The van der Waals surface area contributed by atoms with E-state index in [1.807, 2.05) is 12.3 Å². The van der Waals surface area contributed by atoms with Gasteiger partial charge in [-0.3, -0.25) is 4.79 Å². The molecule has 5 aliphatic rings. The maximum Gasteiger partial charge on any atom is 0.223 e. The molecule has 1 aliphatic heterocycles. The number of pyridine rings is 1. The Balaban J connectivity index is 1.21. The lowest BCUT2D eigenvalue weighted by Crippen LogP contribution is -2.52. The maximum atomic E-state index is 13.1. The first-order valence-corrected chi connectivity index (χ1v) is 10.5. The first kappa shape index (κ1) is 16.6. The molecule has 4 saturated carbocycles. The van der Waals surface area contributed by atoms with Gasteiger partial charge in [-0.05, 0) is 80.2 Å². The zero-order valence-corrected chi connectivity index (χ0v) is 16.0. The Morgan fingerprint density at radius 1 is 1.08 bits per heavy atom. The Kier molecular flexibility index (Phi) is 3.98. The average molecular weight is 354 g/mol. The molecular formula is C22H31N3O. The Morgan fingerprint density at radius 2 is 1.69 bits per heavy atom. The molecule has 2 heterocycles. The lowest BCUT2D eigenvalue weighted by Gasteiger charge is -2.57. The highest BCUT2D eigenvalue weighted by atomic mass is 16.2. The number of aromatic nitrogens is 1. The third kappa shape index (κ3) is 2.91. The number of amides is 1. The van der Waals surface area contributed by atoms with E-state index in [2.05, 4.69) is 27.8 Å². The molecule has 4 nitrogen and oxygen atoms in total. The van der Waals surface area contributed by atoms with Crippen molar-refractivity contribution in [2.24, 2.45) is 23.2 Å². The van der Waals surface area contributed by atoms with Crippen LogP contribution in [0.15, 0.2) is 18.3 Å². The van der Waals surface area contributed by atoms with Crippen LogP contribution in [0.1, 0.15) is 50.5 Å². The van der Waals surface area contributed by atoms with Crippen molar-refractivity contribution in [2.75, 3.05) is 31.1 Å². The van der Waals surface area contributed by atoms with Crippen molar-refractivity contribution in [1.29, 1.82) is 0 Å². The van der Waals surface area contributed by atoms with Crippen molar-refractivity contribution in [3.05, 3.63) is 23.9 Å². The van der Waals surface area contributed by atoms with Crippen molar-refractivity contribution in [3.63, 3.8) is 0 Å². The molecule has 1 amide bonds. The van der Waals surface area contributed by atoms with Gasteiger partial charge in [0.1, 0.15) is 5.82 Å². The van der Waals surface area contributed by atoms with E-state index >= 15 is 0 Å². The minimum Gasteiger partial charge on any atom is -0.353 e. The second kappa shape index (κ2) is 6.24. The van der Waals surface area contributed by atoms with E-state index in [0.29, 0.717) is 11.3 Å². The van der Waals surface area contributed by atoms with Crippen LogP contribution >= 0.6 is 0 Å². The molecule has 0 atom stereocenters. The standard InChI is InChI=1S/C22H31N3O/c1-16-3-2-4-23-21(16)25-7-5-24(6-8-25)20(26)15-22-12-17-9-18(13-22)11-19(10-17)14-22/h2-4,17-19H,5-15H2,1H3. The Morgan fingerprint density at radius 3 is 2.27 bits per heavy atom. The van der Waals surface area contributed by atoms with Crippen LogP contribution in [-0.4, -0.2) is 42.0 Å².